The number of aromatic nitrogens is 3. The molecule has 20 heavy (non-hydrogen) atoms. The van der Waals surface area contributed by atoms with Gasteiger partial charge in [-0.1, -0.05) is 13.8 Å². The van der Waals surface area contributed by atoms with Gasteiger partial charge in [0.1, 0.15) is 5.82 Å². The zero-order chi connectivity index (χ0) is 14.7. The molecular weight excluding hydrogens is 274 g/mol. The lowest BCUT2D eigenvalue weighted by Crippen LogP contribution is -2.25. The van der Waals surface area contributed by atoms with Gasteiger partial charge in [0.15, 0.2) is 5.69 Å². The Kier molecular flexibility index (Phi) is 4.29. The molecule has 2 heterocycles. The lowest BCUT2D eigenvalue weighted by Gasteiger charge is -2.09. The van der Waals surface area contributed by atoms with Crippen LogP contribution < -0.4 is 11.1 Å². The highest BCUT2D eigenvalue weighted by Gasteiger charge is 2.15. The molecule has 106 valence electrons. The van der Waals surface area contributed by atoms with Gasteiger partial charge in [0, 0.05) is 17.0 Å². The first kappa shape index (κ1) is 14.4. The van der Waals surface area contributed by atoms with Gasteiger partial charge in [-0.3, -0.25) is 4.79 Å². The Morgan fingerprint density at radius 1 is 1.40 bits per heavy atom. The quantitative estimate of drug-likeness (QED) is 0.897. The van der Waals surface area contributed by atoms with Crippen molar-refractivity contribution in [1.82, 2.24) is 20.3 Å². The summed E-state index contributed by atoms with van der Waals surface area (Å²) in [6.45, 7) is 6.28. The minimum absolute atomic E-state index is 0.145. The molecule has 6 nitrogen and oxygen atoms in total. The van der Waals surface area contributed by atoms with E-state index in [4.69, 9.17) is 5.73 Å². The van der Waals surface area contributed by atoms with Crippen molar-refractivity contribution in [3.8, 4) is 0 Å². The van der Waals surface area contributed by atoms with Crippen LogP contribution in [0, 0.1) is 6.92 Å². The molecule has 1 amide bonds. The van der Waals surface area contributed by atoms with Gasteiger partial charge in [-0.15, -0.1) is 11.3 Å². The number of rotatable bonds is 4. The SMILES string of the molecule is Cc1ncc(CNC(=O)c2nc(C(C)C)ncc2N)s1. The number of thiazole rings is 1. The van der Waals surface area contributed by atoms with Crippen molar-refractivity contribution in [3.05, 3.63) is 33.8 Å². The fourth-order valence-corrected chi connectivity index (χ4v) is 2.34. The molecule has 0 radical (unpaired) electrons. The molecule has 0 saturated carbocycles. The van der Waals surface area contributed by atoms with Gasteiger partial charge in [0.2, 0.25) is 0 Å². The van der Waals surface area contributed by atoms with Crippen LogP contribution >= 0.6 is 11.3 Å². The number of nitrogen functional groups attached to an aromatic ring is 1. The van der Waals surface area contributed by atoms with E-state index in [-0.39, 0.29) is 23.2 Å². The second-order valence-corrected chi connectivity index (χ2v) is 6.03. The Morgan fingerprint density at radius 2 is 2.15 bits per heavy atom. The molecule has 0 saturated heterocycles. The van der Waals surface area contributed by atoms with Crippen LogP contribution in [-0.2, 0) is 6.54 Å². The van der Waals surface area contributed by atoms with Crippen molar-refractivity contribution in [2.75, 3.05) is 5.73 Å². The van der Waals surface area contributed by atoms with Crippen LogP contribution in [0.5, 0.6) is 0 Å². The summed E-state index contributed by atoms with van der Waals surface area (Å²) in [6, 6.07) is 0. The molecule has 0 fully saturated rings. The second kappa shape index (κ2) is 5.96. The minimum atomic E-state index is -0.294. The van der Waals surface area contributed by atoms with Gasteiger partial charge in [-0.2, -0.15) is 0 Å². The molecule has 0 aliphatic carbocycles. The van der Waals surface area contributed by atoms with E-state index in [9.17, 15) is 4.79 Å². The van der Waals surface area contributed by atoms with Crippen LogP contribution in [0.15, 0.2) is 12.4 Å². The standard InChI is InChI=1S/C13H17N5OS/c1-7(2)12-16-6-10(14)11(18-12)13(19)17-5-9-4-15-8(3)20-9/h4,6-7H,5,14H2,1-3H3,(H,17,19). The number of carbonyl (C=O) groups is 1. The molecule has 0 spiro atoms. The monoisotopic (exact) mass is 291 g/mol. The first-order valence-electron chi connectivity index (χ1n) is 6.29. The van der Waals surface area contributed by atoms with E-state index in [1.807, 2.05) is 20.8 Å². The van der Waals surface area contributed by atoms with E-state index in [2.05, 4.69) is 20.3 Å². The number of anilines is 1. The third kappa shape index (κ3) is 3.30. The van der Waals surface area contributed by atoms with Crippen LogP contribution in [0.4, 0.5) is 5.69 Å². The van der Waals surface area contributed by atoms with Crippen LogP contribution in [0.25, 0.3) is 0 Å². The fraction of sp³-hybridized carbons (Fsp3) is 0.385. The maximum absolute atomic E-state index is 12.1. The third-order valence-electron chi connectivity index (χ3n) is 2.66. The first-order chi connectivity index (χ1) is 9.47. The van der Waals surface area contributed by atoms with Crippen molar-refractivity contribution in [3.63, 3.8) is 0 Å². The van der Waals surface area contributed by atoms with Gasteiger partial charge < -0.3 is 11.1 Å². The minimum Gasteiger partial charge on any atom is -0.396 e. The topological polar surface area (TPSA) is 93.8 Å². The zero-order valence-corrected chi connectivity index (χ0v) is 12.5. The molecule has 0 unspecified atom stereocenters. The van der Waals surface area contributed by atoms with Gasteiger partial charge in [-0.25, -0.2) is 15.0 Å². The fourth-order valence-electron chi connectivity index (χ4n) is 1.60. The third-order valence-corrected chi connectivity index (χ3v) is 3.57. The second-order valence-electron chi connectivity index (χ2n) is 4.72. The average molecular weight is 291 g/mol. The summed E-state index contributed by atoms with van der Waals surface area (Å²) < 4.78 is 0. The van der Waals surface area contributed by atoms with Crippen molar-refractivity contribution < 1.29 is 4.79 Å². The van der Waals surface area contributed by atoms with E-state index in [0.717, 1.165) is 9.88 Å². The molecule has 2 aromatic rings. The van der Waals surface area contributed by atoms with Crippen LogP contribution in [0.3, 0.4) is 0 Å². The lowest BCUT2D eigenvalue weighted by molar-refractivity contribution is 0.0947. The summed E-state index contributed by atoms with van der Waals surface area (Å²) in [6.07, 6.45) is 3.23. The summed E-state index contributed by atoms with van der Waals surface area (Å²) in [5, 5.41) is 3.77. The van der Waals surface area contributed by atoms with Crippen molar-refractivity contribution in [2.45, 2.75) is 33.2 Å². The maximum Gasteiger partial charge on any atom is 0.272 e. The number of hydrogen-bond acceptors (Lipinski definition) is 6. The van der Waals surface area contributed by atoms with E-state index in [0.29, 0.717) is 12.4 Å². The molecule has 2 rings (SSSR count). The normalized spacial score (nSPS) is 10.8. The Hall–Kier alpha value is -2.02. The highest BCUT2D eigenvalue weighted by molar-refractivity contribution is 7.11. The average Bonchev–Trinajstić information content (AvgIpc) is 2.82. The summed E-state index contributed by atoms with van der Waals surface area (Å²) in [5.74, 6) is 0.460. The van der Waals surface area contributed by atoms with Crippen LogP contribution in [-0.4, -0.2) is 20.9 Å². The molecule has 3 N–H and O–H groups in total. The summed E-state index contributed by atoms with van der Waals surface area (Å²) >= 11 is 1.55. The number of amides is 1. The summed E-state index contributed by atoms with van der Waals surface area (Å²) in [7, 11) is 0. The van der Waals surface area contributed by atoms with Crippen LogP contribution in [0.2, 0.25) is 0 Å². The largest absolute Gasteiger partial charge is 0.396 e. The Bertz CT molecular complexity index is 623. The van der Waals surface area contributed by atoms with Crippen LogP contribution in [0.1, 0.15) is 46.0 Å². The van der Waals surface area contributed by atoms with Gasteiger partial charge in [-0.05, 0) is 6.92 Å². The number of nitrogens with two attached hydrogens (primary N) is 1. The number of nitrogens with zero attached hydrogens (tertiary/aromatic N) is 3. The van der Waals surface area contributed by atoms with Gasteiger partial charge in [0.25, 0.3) is 5.91 Å². The Morgan fingerprint density at radius 3 is 2.75 bits per heavy atom. The molecule has 0 aliphatic rings. The molecule has 0 atom stereocenters. The smallest absolute Gasteiger partial charge is 0.272 e. The molecule has 0 aromatic carbocycles. The highest BCUT2D eigenvalue weighted by Crippen LogP contribution is 2.14. The van der Waals surface area contributed by atoms with Gasteiger partial charge >= 0.3 is 0 Å². The van der Waals surface area contributed by atoms with E-state index < -0.39 is 0 Å². The Labute approximate surface area is 121 Å². The predicted molar refractivity (Wildman–Crippen MR) is 78.6 cm³/mol. The predicted octanol–water partition coefficient (Wildman–Crippen LogP) is 1.88. The number of carbonyl (C=O) groups excluding carboxylic acids is 1. The number of hydrogen-bond donors (Lipinski definition) is 2. The summed E-state index contributed by atoms with van der Waals surface area (Å²) in [4.78, 5) is 25.6. The molecule has 2 aromatic heterocycles. The van der Waals surface area contributed by atoms with E-state index in [1.54, 1.807) is 17.5 Å². The molecular formula is C13H17N5OS. The van der Waals surface area contributed by atoms with E-state index in [1.165, 1.54) is 6.20 Å². The van der Waals surface area contributed by atoms with Crippen molar-refractivity contribution in [2.24, 2.45) is 0 Å². The van der Waals surface area contributed by atoms with Crippen molar-refractivity contribution >= 4 is 22.9 Å². The maximum atomic E-state index is 12.1. The molecule has 0 aliphatic heterocycles. The number of nitrogens with one attached hydrogen (secondary N) is 1. The highest BCUT2D eigenvalue weighted by atomic mass is 32.1. The van der Waals surface area contributed by atoms with Gasteiger partial charge in [0.05, 0.1) is 23.4 Å². The number of aryl methyl sites for hydroxylation is 1. The zero-order valence-electron chi connectivity index (χ0n) is 11.7. The van der Waals surface area contributed by atoms with Crippen molar-refractivity contribution in [1.29, 1.82) is 0 Å². The molecule has 0 bridgehead atoms. The summed E-state index contributed by atoms with van der Waals surface area (Å²) in [5.41, 5.74) is 6.28. The van der Waals surface area contributed by atoms with E-state index >= 15 is 0 Å². The first-order valence-corrected chi connectivity index (χ1v) is 7.11. The Balaban J connectivity index is 2.10. The molecule has 7 heteroatoms. The lowest BCUT2D eigenvalue weighted by atomic mass is 10.2.